The van der Waals surface area contributed by atoms with Crippen LogP contribution >= 0.6 is 15.9 Å². The number of nitrogens with two attached hydrogens (primary N) is 1. The predicted octanol–water partition coefficient (Wildman–Crippen LogP) is 3.23. The predicted molar refractivity (Wildman–Crippen MR) is 86.0 cm³/mol. The molecule has 0 aliphatic carbocycles. The number of amides is 1. The number of nitrogen functional groups attached to an aromatic ring is 1. The van der Waals surface area contributed by atoms with Crippen molar-refractivity contribution in [1.29, 1.82) is 0 Å². The minimum absolute atomic E-state index is 0.315. The molecule has 6 heteroatoms. The Hall–Kier alpha value is -2.47. The molecule has 0 radical (unpaired) electrons. The Morgan fingerprint density at radius 2 is 2.00 bits per heavy atom. The van der Waals surface area contributed by atoms with Crippen LogP contribution in [0.25, 0.3) is 10.8 Å². The topological polar surface area (TPSA) is 80.9 Å². The quantitative estimate of drug-likeness (QED) is 0.749. The van der Waals surface area contributed by atoms with Gasteiger partial charge in [0.25, 0.3) is 5.91 Å². The monoisotopic (exact) mass is 342 g/mol. The zero-order chi connectivity index (χ0) is 14.8. The summed E-state index contributed by atoms with van der Waals surface area (Å²) in [5, 5.41) is 4.49. The zero-order valence-electron chi connectivity index (χ0n) is 10.9. The molecule has 0 saturated heterocycles. The molecule has 21 heavy (non-hydrogen) atoms. The lowest BCUT2D eigenvalue weighted by Gasteiger charge is -2.08. The van der Waals surface area contributed by atoms with E-state index < -0.39 is 0 Å². The van der Waals surface area contributed by atoms with Crippen molar-refractivity contribution in [2.24, 2.45) is 0 Å². The molecule has 104 valence electrons. The normalized spacial score (nSPS) is 10.5. The summed E-state index contributed by atoms with van der Waals surface area (Å²) in [7, 11) is 0. The molecule has 3 N–H and O–H groups in total. The van der Waals surface area contributed by atoms with E-state index in [2.05, 4.69) is 31.2 Å². The number of nitrogens with zero attached hydrogens (tertiary/aromatic N) is 2. The van der Waals surface area contributed by atoms with Crippen LogP contribution in [0.1, 0.15) is 10.5 Å². The summed E-state index contributed by atoms with van der Waals surface area (Å²) < 4.78 is 0.621. The van der Waals surface area contributed by atoms with Crippen LogP contribution in [0, 0.1) is 0 Å². The van der Waals surface area contributed by atoms with E-state index >= 15 is 0 Å². The molecule has 1 amide bonds. The van der Waals surface area contributed by atoms with Crippen molar-refractivity contribution in [3.63, 3.8) is 0 Å². The number of hydrogen-bond acceptors (Lipinski definition) is 4. The van der Waals surface area contributed by atoms with E-state index in [0.29, 0.717) is 21.7 Å². The molecule has 0 unspecified atom stereocenters. The van der Waals surface area contributed by atoms with Gasteiger partial charge in [0.05, 0.1) is 16.4 Å². The van der Waals surface area contributed by atoms with E-state index in [-0.39, 0.29) is 5.91 Å². The smallest absolute Gasteiger partial charge is 0.276 e. The van der Waals surface area contributed by atoms with Crippen LogP contribution in [0.5, 0.6) is 0 Å². The second-order valence-electron chi connectivity index (χ2n) is 4.43. The maximum atomic E-state index is 12.4. The van der Waals surface area contributed by atoms with E-state index in [1.54, 1.807) is 12.3 Å². The van der Waals surface area contributed by atoms with Gasteiger partial charge in [0.2, 0.25) is 0 Å². The van der Waals surface area contributed by atoms with Gasteiger partial charge in [-0.05, 0) is 33.4 Å². The molecule has 0 atom stereocenters. The molecule has 0 spiro atoms. The van der Waals surface area contributed by atoms with Crippen molar-refractivity contribution < 1.29 is 4.79 Å². The number of carbonyl (C=O) groups excluding carboxylic acids is 1. The average Bonchev–Trinajstić information content (AvgIpc) is 2.49. The van der Waals surface area contributed by atoms with Gasteiger partial charge in [0.1, 0.15) is 11.5 Å². The van der Waals surface area contributed by atoms with Gasteiger partial charge in [-0.25, -0.2) is 4.98 Å². The average molecular weight is 343 g/mol. The summed E-state index contributed by atoms with van der Waals surface area (Å²) >= 11 is 3.32. The number of hydrogen-bond donors (Lipinski definition) is 2. The summed E-state index contributed by atoms with van der Waals surface area (Å²) in [6.07, 6.45) is 3.10. The van der Waals surface area contributed by atoms with Gasteiger partial charge in [0, 0.05) is 11.6 Å². The van der Waals surface area contributed by atoms with Crippen molar-refractivity contribution in [2.75, 3.05) is 11.1 Å². The fourth-order valence-corrected chi connectivity index (χ4v) is 2.48. The number of fused-ring (bicyclic) bond motifs is 1. The van der Waals surface area contributed by atoms with Crippen LogP contribution in [0.3, 0.4) is 0 Å². The Labute approximate surface area is 129 Å². The minimum atomic E-state index is -0.315. The second-order valence-corrected chi connectivity index (χ2v) is 5.29. The number of aromatic nitrogens is 2. The maximum absolute atomic E-state index is 12.4. The number of nitrogens with one attached hydrogen (secondary N) is 1. The van der Waals surface area contributed by atoms with Gasteiger partial charge in [0.15, 0.2) is 0 Å². The minimum Gasteiger partial charge on any atom is -0.397 e. The zero-order valence-corrected chi connectivity index (χ0v) is 12.5. The van der Waals surface area contributed by atoms with E-state index in [0.717, 1.165) is 10.8 Å². The first kappa shape index (κ1) is 13.5. The highest BCUT2D eigenvalue weighted by molar-refractivity contribution is 9.10. The molecule has 0 saturated carbocycles. The Balaban J connectivity index is 1.97. The van der Waals surface area contributed by atoms with E-state index in [9.17, 15) is 4.79 Å². The van der Waals surface area contributed by atoms with Crippen LogP contribution in [0.4, 0.5) is 11.5 Å². The van der Waals surface area contributed by atoms with Crippen LogP contribution in [0.15, 0.2) is 53.3 Å². The number of benzene rings is 1. The molecule has 3 aromatic rings. The second kappa shape index (κ2) is 5.49. The van der Waals surface area contributed by atoms with Gasteiger partial charge in [-0.3, -0.25) is 9.78 Å². The molecule has 1 aromatic carbocycles. The lowest BCUT2D eigenvalue weighted by Crippen LogP contribution is -2.15. The third-order valence-corrected chi connectivity index (χ3v) is 3.59. The van der Waals surface area contributed by atoms with Gasteiger partial charge in [-0.2, -0.15) is 0 Å². The molecule has 0 fully saturated rings. The fraction of sp³-hybridized carbons (Fsp3) is 0. The van der Waals surface area contributed by atoms with Crippen LogP contribution in [-0.2, 0) is 0 Å². The largest absolute Gasteiger partial charge is 0.397 e. The molecule has 3 rings (SSSR count). The summed E-state index contributed by atoms with van der Waals surface area (Å²) in [5.41, 5.74) is 6.50. The van der Waals surface area contributed by atoms with Crippen molar-refractivity contribution in [2.45, 2.75) is 0 Å². The highest BCUT2D eigenvalue weighted by atomic mass is 79.9. The van der Waals surface area contributed by atoms with E-state index in [1.165, 1.54) is 6.20 Å². The third kappa shape index (κ3) is 2.71. The molecule has 0 bridgehead atoms. The van der Waals surface area contributed by atoms with Crippen LogP contribution in [0.2, 0.25) is 0 Å². The number of halogens is 1. The van der Waals surface area contributed by atoms with Crippen molar-refractivity contribution >= 4 is 44.1 Å². The van der Waals surface area contributed by atoms with Crippen molar-refractivity contribution in [3.05, 3.63) is 59.0 Å². The Kier molecular flexibility index (Phi) is 3.53. The Morgan fingerprint density at radius 3 is 2.81 bits per heavy atom. The number of anilines is 2. The molecule has 2 aromatic heterocycles. The highest BCUT2D eigenvalue weighted by Crippen LogP contribution is 2.23. The summed E-state index contributed by atoms with van der Waals surface area (Å²) in [4.78, 5) is 20.7. The Bertz CT molecular complexity index is 830. The molecule has 0 aliphatic rings. The van der Waals surface area contributed by atoms with Crippen molar-refractivity contribution in [1.82, 2.24) is 9.97 Å². The Morgan fingerprint density at radius 1 is 1.19 bits per heavy atom. The SMILES string of the molecule is Nc1cnc(NC(=O)c2nccc3ccccc23)c(Br)c1. The molecular formula is C15H11BrN4O. The lowest BCUT2D eigenvalue weighted by molar-refractivity contribution is 0.102. The number of carbonyl (C=O) groups is 1. The van der Waals surface area contributed by atoms with Crippen LogP contribution < -0.4 is 11.1 Å². The highest BCUT2D eigenvalue weighted by Gasteiger charge is 2.13. The number of pyridine rings is 2. The summed E-state index contributed by atoms with van der Waals surface area (Å²) in [6.45, 7) is 0. The fourth-order valence-electron chi connectivity index (χ4n) is 2.01. The van der Waals surface area contributed by atoms with Crippen LogP contribution in [-0.4, -0.2) is 15.9 Å². The van der Waals surface area contributed by atoms with Gasteiger partial charge >= 0.3 is 0 Å². The van der Waals surface area contributed by atoms with Gasteiger partial charge < -0.3 is 11.1 Å². The van der Waals surface area contributed by atoms with Crippen molar-refractivity contribution in [3.8, 4) is 0 Å². The van der Waals surface area contributed by atoms with E-state index in [1.807, 2.05) is 30.3 Å². The number of rotatable bonds is 2. The molecular weight excluding hydrogens is 332 g/mol. The molecule has 2 heterocycles. The maximum Gasteiger partial charge on any atom is 0.276 e. The summed E-state index contributed by atoms with van der Waals surface area (Å²) in [5.74, 6) is 0.0914. The lowest BCUT2D eigenvalue weighted by atomic mass is 10.1. The van der Waals surface area contributed by atoms with Gasteiger partial charge in [-0.15, -0.1) is 0 Å². The molecule has 0 aliphatic heterocycles. The summed E-state index contributed by atoms with van der Waals surface area (Å²) in [6, 6.07) is 11.1. The first-order valence-electron chi connectivity index (χ1n) is 6.21. The van der Waals surface area contributed by atoms with Gasteiger partial charge in [-0.1, -0.05) is 24.3 Å². The van der Waals surface area contributed by atoms with E-state index in [4.69, 9.17) is 5.73 Å². The first-order chi connectivity index (χ1) is 10.1. The third-order valence-electron chi connectivity index (χ3n) is 2.98. The standard InChI is InChI=1S/C15H11BrN4O/c16-12-7-10(17)8-19-14(12)20-15(21)13-11-4-2-1-3-9(11)5-6-18-13/h1-8H,17H2,(H,19,20,21). The first-order valence-corrected chi connectivity index (χ1v) is 7.00. The molecule has 5 nitrogen and oxygen atoms in total.